The van der Waals surface area contributed by atoms with Crippen LogP contribution in [0.4, 0.5) is 17.1 Å². The van der Waals surface area contributed by atoms with E-state index in [4.69, 9.17) is 0 Å². The van der Waals surface area contributed by atoms with Gasteiger partial charge in [0, 0.05) is 17.1 Å². The lowest BCUT2D eigenvalue weighted by Gasteiger charge is -2.28. The Kier molecular flexibility index (Phi) is 9.81. The molecule has 12 aromatic rings. The Morgan fingerprint density at radius 1 is 0.254 bits per heavy atom. The van der Waals surface area contributed by atoms with Gasteiger partial charge in [-0.25, -0.2) is 0 Å². The molecule has 12 rings (SSSR count). The topological polar surface area (TPSA) is 3.24 Å². The summed E-state index contributed by atoms with van der Waals surface area (Å²) in [6, 6.07) is 83.8. The third kappa shape index (κ3) is 7.03. The molecule has 0 aliphatic heterocycles. The zero-order chi connectivity index (χ0) is 45.2. The fraction of sp³-hybridized carbons (Fsp3) is 0.0606. The highest BCUT2D eigenvalue weighted by molar-refractivity contribution is 6.33. The van der Waals surface area contributed by atoms with Gasteiger partial charge in [-0.3, -0.25) is 0 Å². The molecule has 0 radical (unpaired) electrons. The van der Waals surface area contributed by atoms with Crippen LogP contribution in [0.2, 0.25) is 0 Å². The second kappa shape index (κ2) is 16.3. The molecule has 0 bridgehead atoms. The molecule has 0 aliphatic carbocycles. The van der Waals surface area contributed by atoms with Gasteiger partial charge >= 0.3 is 0 Å². The minimum atomic E-state index is 1.13. The largest absolute Gasteiger partial charge is 0.310 e. The van der Waals surface area contributed by atoms with Crippen LogP contribution in [-0.4, -0.2) is 0 Å². The highest BCUT2D eigenvalue weighted by atomic mass is 15.1. The van der Waals surface area contributed by atoms with E-state index in [1.807, 2.05) is 0 Å². The quantitative estimate of drug-likeness (QED) is 0.144. The summed E-state index contributed by atoms with van der Waals surface area (Å²) in [5.41, 5.74) is 18.1. The van der Waals surface area contributed by atoms with Crippen molar-refractivity contribution in [3.05, 3.63) is 247 Å². The zero-order valence-corrected chi connectivity index (χ0v) is 38.3. The maximum absolute atomic E-state index is 2.47. The van der Waals surface area contributed by atoms with Crippen LogP contribution in [0.5, 0.6) is 0 Å². The van der Waals surface area contributed by atoms with Gasteiger partial charge in [0.15, 0.2) is 0 Å². The molecule has 318 valence electrons. The molecule has 0 saturated heterocycles. The molecule has 1 nitrogen and oxygen atoms in total. The molecule has 0 N–H and O–H groups in total. The van der Waals surface area contributed by atoms with Crippen molar-refractivity contribution in [2.45, 2.75) is 27.7 Å². The lowest BCUT2D eigenvalue weighted by molar-refractivity contribution is 1.24. The molecule has 0 heterocycles. The van der Waals surface area contributed by atoms with Crippen molar-refractivity contribution in [3.8, 4) is 44.5 Å². The van der Waals surface area contributed by atoms with Crippen LogP contribution in [-0.2, 0) is 0 Å². The first-order chi connectivity index (χ1) is 32.9. The predicted octanol–water partition coefficient (Wildman–Crippen LogP) is 18.8. The molecule has 1 heteroatoms. The molecule has 0 atom stereocenters. The molecule has 0 unspecified atom stereocenters. The number of fused-ring (bicyclic) bond motifs is 9. The van der Waals surface area contributed by atoms with Crippen molar-refractivity contribution >= 4 is 70.9 Å². The van der Waals surface area contributed by atoms with Crippen molar-refractivity contribution in [2.24, 2.45) is 0 Å². The minimum absolute atomic E-state index is 1.13. The van der Waals surface area contributed by atoms with Gasteiger partial charge in [0.2, 0.25) is 0 Å². The van der Waals surface area contributed by atoms with Crippen molar-refractivity contribution < 1.29 is 0 Å². The Labute approximate surface area is 392 Å². The highest BCUT2D eigenvalue weighted by Gasteiger charge is 2.23. The van der Waals surface area contributed by atoms with Crippen LogP contribution in [0.3, 0.4) is 0 Å². The Hall–Kier alpha value is -8.26. The number of benzene rings is 12. The zero-order valence-electron chi connectivity index (χ0n) is 38.3. The van der Waals surface area contributed by atoms with E-state index in [-0.39, 0.29) is 0 Å². The predicted molar refractivity (Wildman–Crippen MR) is 289 cm³/mol. The fourth-order valence-corrected chi connectivity index (χ4v) is 11.0. The van der Waals surface area contributed by atoms with E-state index < -0.39 is 0 Å². The molecule has 0 aliphatic rings. The van der Waals surface area contributed by atoms with E-state index in [1.54, 1.807) is 0 Å². The third-order valence-corrected chi connectivity index (χ3v) is 13.7. The molecule has 12 aromatic carbocycles. The summed E-state index contributed by atoms with van der Waals surface area (Å²) in [4.78, 5) is 2.45. The summed E-state index contributed by atoms with van der Waals surface area (Å²) in [5.74, 6) is 0. The van der Waals surface area contributed by atoms with Gasteiger partial charge in [-0.1, -0.05) is 176 Å². The number of rotatable bonds is 7. The standard InChI is InChI=1S/C66H49N/c1-42-33-43(2)36-52(35-42)67(53-37-44(3)34-45(4)38-53)51-31-32-59-63(40-51)57-25-15-16-26-58(57)65-62(46-17-7-5-8-18-46)41-61(64(66(59)65)49-19-9-6-10-20-49)48-29-27-47(28-30-48)60-39-50-21-11-12-22-54(50)55-23-13-14-24-56(55)60/h5-41H,1-4H3. The van der Waals surface area contributed by atoms with Gasteiger partial charge < -0.3 is 4.90 Å². The van der Waals surface area contributed by atoms with Crippen molar-refractivity contribution in [3.63, 3.8) is 0 Å². The number of hydrogen-bond donors (Lipinski definition) is 0. The summed E-state index contributed by atoms with van der Waals surface area (Å²) in [5, 5.41) is 12.6. The van der Waals surface area contributed by atoms with Crippen LogP contribution < -0.4 is 4.90 Å². The van der Waals surface area contributed by atoms with Gasteiger partial charge in [-0.15, -0.1) is 0 Å². The number of nitrogens with zero attached hydrogens (tertiary/aromatic N) is 1. The first-order valence-corrected chi connectivity index (χ1v) is 23.4. The Morgan fingerprint density at radius 3 is 1.33 bits per heavy atom. The number of anilines is 3. The fourth-order valence-electron chi connectivity index (χ4n) is 11.0. The van der Waals surface area contributed by atoms with Crippen molar-refractivity contribution in [1.82, 2.24) is 0 Å². The van der Waals surface area contributed by atoms with Crippen LogP contribution >= 0.6 is 0 Å². The van der Waals surface area contributed by atoms with Gasteiger partial charge in [0.1, 0.15) is 0 Å². The van der Waals surface area contributed by atoms with E-state index >= 15 is 0 Å². The van der Waals surface area contributed by atoms with Crippen molar-refractivity contribution in [2.75, 3.05) is 4.90 Å². The van der Waals surface area contributed by atoms with E-state index in [0.29, 0.717) is 0 Å². The third-order valence-electron chi connectivity index (χ3n) is 13.7. The van der Waals surface area contributed by atoms with Crippen LogP contribution in [0.1, 0.15) is 22.3 Å². The molecule has 0 amide bonds. The summed E-state index contributed by atoms with van der Waals surface area (Å²) in [6.45, 7) is 8.79. The maximum atomic E-state index is 2.47. The minimum Gasteiger partial charge on any atom is -0.310 e. The average Bonchev–Trinajstić information content (AvgIpc) is 3.36. The smallest absolute Gasteiger partial charge is 0.0468 e. The van der Waals surface area contributed by atoms with Gasteiger partial charge in [0.25, 0.3) is 0 Å². The second-order valence-corrected chi connectivity index (χ2v) is 18.4. The van der Waals surface area contributed by atoms with E-state index in [0.717, 1.165) is 17.1 Å². The summed E-state index contributed by atoms with van der Waals surface area (Å²) in [7, 11) is 0. The summed E-state index contributed by atoms with van der Waals surface area (Å²) >= 11 is 0. The monoisotopic (exact) mass is 855 g/mol. The van der Waals surface area contributed by atoms with Crippen LogP contribution in [0.15, 0.2) is 224 Å². The first kappa shape index (κ1) is 40.3. The summed E-state index contributed by atoms with van der Waals surface area (Å²) < 4.78 is 0. The van der Waals surface area contributed by atoms with Crippen LogP contribution in [0.25, 0.3) is 98.4 Å². The van der Waals surface area contributed by atoms with E-state index in [2.05, 4.69) is 257 Å². The summed E-state index contributed by atoms with van der Waals surface area (Å²) in [6.07, 6.45) is 0. The SMILES string of the molecule is Cc1cc(C)cc(N(c2cc(C)cc(C)c2)c2ccc3c(c2)c2ccccc2c2c(-c4ccccc4)cc(-c4ccc(-c5cc6ccccc6c6ccccc56)cc4)c(-c4ccccc4)c32)c1. The second-order valence-electron chi connectivity index (χ2n) is 18.4. The Morgan fingerprint density at radius 2 is 0.716 bits per heavy atom. The maximum Gasteiger partial charge on any atom is 0.0468 e. The number of aryl methyl sites for hydroxylation is 4. The molecule has 0 saturated carbocycles. The molecule has 0 fully saturated rings. The lowest BCUT2D eigenvalue weighted by atomic mass is 9.81. The van der Waals surface area contributed by atoms with Crippen molar-refractivity contribution in [1.29, 1.82) is 0 Å². The van der Waals surface area contributed by atoms with Crippen LogP contribution in [0, 0.1) is 27.7 Å². The first-order valence-electron chi connectivity index (χ1n) is 23.4. The number of hydrogen-bond acceptors (Lipinski definition) is 1. The molecular weight excluding hydrogens is 807 g/mol. The molecule has 67 heavy (non-hydrogen) atoms. The van der Waals surface area contributed by atoms with Gasteiger partial charge in [0.05, 0.1) is 0 Å². The van der Waals surface area contributed by atoms with E-state index in [9.17, 15) is 0 Å². The molecular formula is C66H49N. The van der Waals surface area contributed by atoms with Gasteiger partial charge in [-0.2, -0.15) is 0 Å². The Balaban J connectivity index is 1.16. The molecule has 0 spiro atoms. The molecule has 0 aromatic heterocycles. The highest BCUT2D eigenvalue weighted by Crippen LogP contribution is 2.50. The van der Waals surface area contributed by atoms with E-state index in [1.165, 1.54) is 121 Å². The van der Waals surface area contributed by atoms with Gasteiger partial charge in [-0.05, 0) is 197 Å². The average molecular weight is 856 g/mol. The lowest BCUT2D eigenvalue weighted by Crippen LogP contribution is -2.11. The Bertz CT molecular complexity index is 3790. The normalized spacial score (nSPS) is 11.6.